The van der Waals surface area contributed by atoms with Gasteiger partial charge in [-0.25, -0.2) is 0 Å². The number of pyridine rings is 1. The van der Waals surface area contributed by atoms with Gasteiger partial charge in [-0.05, 0) is 30.5 Å². The lowest BCUT2D eigenvalue weighted by atomic mass is 10.1. The summed E-state index contributed by atoms with van der Waals surface area (Å²) in [7, 11) is 0. The summed E-state index contributed by atoms with van der Waals surface area (Å²) in [6, 6.07) is 15.6. The van der Waals surface area contributed by atoms with E-state index in [2.05, 4.69) is 10.3 Å². The zero-order valence-corrected chi connectivity index (χ0v) is 15.9. The lowest BCUT2D eigenvalue weighted by Crippen LogP contribution is -2.52. The molecule has 2 heterocycles. The number of amides is 3. The van der Waals surface area contributed by atoms with E-state index in [0.717, 1.165) is 5.39 Å². The number of likely N-dealkylation sites (N-methyl/N-ethyl adjacent to an activating group) is 1. The number of para-hydroxylation sites is 2. The summed E-state index contributed by atoms with van der Waals surface area (Å²) in [6.07, 6.45) is 2.25. The van der Waals surface area contributed by atoms with Gasteiger partial charge in [-0.1, -0.05) is 36.4 Å². The quantitative estimate of drug-likeness (QED) is 0.696. The van der Waals surface area contributed by atoms with Crippen LogP contribution in [0.2, 0.25) is 0 Å². The molecule has 7 nitrogen and oxygen atoms in total. The summed E-state index contributed by atoms with van der Waals surface area (Å²) in [5.41, 5.74) is 1.53. The topological polar surface area (TPSA) is 82.6 Å². The highest BCUT2D eigenvalue weighted by atomic mass is 16.2. The third kappa shape index (κ3) is 3.31. The average molecular weight is 388 g/mol. The van der Waals surface area contributed by atoms with Crippen LogP contribution in [0.25, 0.3) is 10.8 Å². The van der Waals surface area contributed by atoms with Crippen LogP contribution in [0.4, 0.5) is 11.4 Å². The molecule has 29 heavy (non-hydrogen) atoms. The lowest BCUT2D eigenvalue weighted by Gasteiger charge is -2.24. The average Bonchev–Trinajstić information content (AvgIpc) is 2.87. The number of hydrogen-bond acceptors (Lipinski definition) is 4. The molecular weight excluding hydrogens is 368 g/mol. The predicted octanol–water partition coefficient (Wildman–Crippen LogP) is 2.36. The first-order valence-electron chi connectivity index (χ1n) is 9.41. The maximum atomic E-state index is 13.2. The second-order valence-corrected chi connectivity index (χ2v) is 6.74. The van der Waals surface area contributed by atoms with Gasteiger partial charge in [0.25, 0.3) is 11.8 Å². The molecule has 1 unspecified atom stereocenters. The molecular formula is C22H20N4O3. The highest BCUT2D eigenvalue weighted by Gasteiger charge is 2.34. The smallest absolute Gasteiger partial charge is 0.271 e. The van der Waals surface area contributed by atoms with Crippen LogP contribution in [-0.2, 0) is 9.59 Å². The van der Waals surface area contributed by atoms with E-state index in [1.165, 1.54) is 4.90 Å². The molecule has 3 aromatic rings. The monoisotopic (exact) mass is 388 g/mol. The van der Waals surface area contributed by atoms with Gasteiger partial charge in [0.1, 0.15) is 11.7 Å². The van der Waals surface area contributed by atoms with Crippen molar-refractivity contribution in [1.29, 1.82) is 0 Å². The van der Waals surface area contributed by atoms with Crippen LogP contribution >= 0.6 is 0 Å². The third-order valence-electron chi connectivity index (χ3n) is 5.06. The fourth-order valence-electron chi connectivity index (χ4n) is 3.68. The van der Waals surface area contributed by atoms with E-state index in [0.29, 0.717) is 29.7 Å². The van der Waals surface area contributed by atoms with Gasteiger partial charge in [-0.15, -0.1) is 0 Å². The van der Waals surface area contributed by atoms with Crippen molar-refractivity contribution in [2.45, 2.75) is 13.0 Å². The number of nitrogens with zero attached hydrogens (tertiary/aromatic N) is 3. The van der Waals surface area contributed by atoms with E-state index in [9.17, 15) is 14.4 Å². The lowest BCUT2D eigenvalue weighted by molar-refractivity contribution is -0.120. The van der Waals surface area contributed by atoms with Crippen molar-refractivity contribution >= 4 is 40.4 Å². The summed E-state index contributed by atoms with van der Waals surface area (Å²) in [5, 5.41) is 4.38. The largest absolute Gasteiger partial charge is 0.337 e. The number of rotatable bonds is 4. The van der Waals surface area contributed by atoms with Gasteiger partial charge in [0.05, 0.1) is 17.9 Å². The van der Waals surface area contributed by atoms with Crippen molar-refractivity contribution < 1.29 is 14.4 Å². The van der Waals surface area contributed by atoms with Gasteiger partial charge in [0, 0.05) is 18.1 Å². The summed E-state index contributed by atoms with van der Waals surface area (Å²) in [5.74, 6) is -0.717. The Morgan fingerprint density at radius 3 is 2.62 bits per heavy atom. The van der Waals surface area contributed by atoms with E-state index in [1.807, 2.05) is 49.4 Å². The molecule has 3 amide bonds. The molecule has 1 atom stereocenters. The number of benzene rings is 2. The first kappa shape index (κ1) is 18.6. The van der Waals surface area contributed by atoms with Gasteiger partial charge >= 0.3 is 0 Å². The summed E-state index contributed by atoms with van der Waals surface area (Å²) in [6.45, 7) is 2.32. The number of nitrogens with one attached hydrogen (secondary N) is 1. The van der Waals surface area contributed by atoms with Gasteiger partial charge in [-0.2, -0.15) is 0 Å². The number of anilines is 2. The molecule has 0 fully saturated rings. The van der Waals surface area contributed by atoms with E-state index >= 15 is 0 Å². The van der Waals surface area contributed by atoms with Crippen LogP contribution in [0.3, 0.4) is 0 Å². The highest BCUT2D eigenvalue weighted by molar-refractivity contribution is 6.09. The normalized spacial score (nSPS) is 16.3. The third-order valence-corrected chi connectivity index (χ3v) is 5.06. The van der Waals surface area contributed by atoms with Crippen molar-refractivity contribution in [3.05, 3.63) is 66.5 Å². The Balaban J connectivity index is 1.69. The molecule has 0 bridgehead atoms. The molecule has 0 spiro atoms. The minimum Gasteiger partial charge on any atom is -0.337 e. The minimum atomic E-state index is -0.888. The maximum absolute atomic E-state index is 13.2. The minimum absolute atomic E-state index is 0.0480. The first-order chi connectivity index (χ1) is 14.1. The van der Waals surface area contributed by atoms with E-state index in [4.69, 9.17) is 0 Å². The van der Waals surface area contributed by atoms with E-state index < -0.39 is 11.9 Å². The molecule has 4 rings (SSSR count). The Morgan fingerprint density at radius 1 is 1.14 bits per heavy atom. The fraction of sp³-hybridized carbons (Fsp3) is 0.182. The van der Waals surface area contributed by atoms with Crippen LogP contribution in [0.15, 0.2) is 60.8 Å². The van der Waals surface area contributed by atoms with E-state index in [-0.39, 0.29) is 18.1 Å². The number of aromatic nitrogens is 1. The Bertz CT molecular complexity index is 1090. The number of carbonyl (C=O) groups excluding carboxylic acids is 3. The second-order valence-electron chi connectivity index (χ2n) is 6.74. The molecule has 0 radical (unpaired) electrons. The summed E-state index contributed by atoms with van der Waals surface area (Å²) < 4.78 is 0. The zero-order valence-electron chi connectivity index (χ0n) is 15.9. The summed E-state index contributed by atoms with van der Waals surface area (Å²) >= 11 is 0. The van der Waals surface area contributed by atoms with Crippen LogP contribution in [-0.4, -0.2) is 42.3 Å². The van der Waals surface area contributed by atoms with Crippen LogP contribution in [0, 0.1) is 0 Å². The molecule has 2 aromatic carbocycles. The molecule has 7 heteroatoms. The number of hydrogen-bond donors (Lipinski definition) is 1. The zero-order chi connectivity index (χ0) is 20.4. The molecule has 1 aliphatic rings. The molecule has 1 aliphatic heterocycles. The Morgan fingerprint density at radius 2 is 1.86 bits per heavy atom. The van der Waals surface area contributed by atoms with Gasteiger partial charge in [0.2, 0.25) is 6.41 Å². The van der Waals surface area contributed by atoms with Crippen molar-refractivity contribution in [2.24, 2.45) is 0 Å². The first-order valence-corrected chi connectivity index (χ1v) is 9.41. The number of fused-ring (bicyclic) bond motifs is 2. The summed E-state index contributed by atoms with van der Waals surface area (Å²) in [4.78, 5) is 45.2. The Labute approximate surface area is 167 Å². The molecule has 0 saturated carbocycles. The molecule has 1 N–H and O–H groups in total. The van der Waals surface area contributed by atoms with Crippen molar-refractivity contribution in [2.75, 3.05) is 22.9 Å². The Kier molecular flexibility index (Phi) is 4.95. The van der Waals surface area contributed by atoms with Crippen molar-refractivity contribution in [3.63, 3.8) is 0 Å². The molecule has 0 saturated heterocycles. The van der Waals surface area contributed by atoms with Gasteiger partial charge in [0.15, 0.2) is 0 Å². The van der Waals surface area contributed by atoms with Crippen LogP contribution in [0.5, 0.6) is 0 Å². The van der Waals surface area contributed by atoms with Crippen LogP contribution < -0.4 is 15.1 Å². The molecule has 1 aromatic heterocycles. The molecule has 0 aliphatic carbocycles. The number of carbonyl (C=O) groups is 3. The van der Waals surface area contributed by atoms with Gasteiger partial charge < -0.3 is 15.1 Å². The Hall–Kier alpha value is -3.74. The maximum Gasteiger partial charge on any atom is 0.271 e. The SMILES string of the molecule is CCN1C(=O)C(NC(=O)c2nccc3ccccc23)CN(C=O)c2ccccc21. The molecule has 146 valence electrons. The second kappa shape index (κ2) is 7.71. The van der Waals surface area contributed by atoms with Crippen LogP contribution in [0.1, 0.15) is 17.4 Å². The fourth-order valence-corrected chi connectivity index (χ4v) is 3.68. The van der Waals surface area contributed by atoms with Gasteiger partial charge in [-0.3, -0.25) is 19.4 Å². The van der Waals surface area contributed by atoms with Crippen molar-refractivity contribution in [3.8, 4) is 0 Å². The van der Waals surface area contributed by atoms with Crippen molar-refractivity contribution in [1.82, 2.24) is 10.3 Å². The predicted molar refractivity (Wildman–Crippen MR) is 111 cm³/mol. The highest BCUT2D eigenvalue weighted by Crippen LogP contribution is 2.31. The standard InChI is InChI=1S/C22H20N4O3/c1-2-26-19-10-6-5-9-18(19)25(14-27)13-17(22(26)29)24-21(28)20-16-8-4-3-7-15(16)11-12-23-20/h3-12,14,17H,2,13H2,1H3,(H,24,28). The van der Waals surface area contributed by atoms with E-state index in [1.54, 1.807) is 23.2 Å².